The van der Waals surface area contributed by atoms with Crippen LogP contribution in [0, 0.1) is 5.41 Å². The molecule has 4 rings (SSSR count). The van der Waals surface area contributed by atoms with Crippen LogP contribution >= 0.6 is 23.2 Å². The summed E-state index contributed by atoms with van der Waals surface area (Å²) < 4.78 is 0. The second-order valence-electron chi connectivity index (χ2n) is 8.31. The lowest BCUT2D eigenvalue weighted by atomic mass is 9.75. The Morgan fingerprint density at radius 3 is 2.59 bits per heavy atom. The number of pyridine rings is 1. The summed E-state index contributed by atoms with van der Waals surface area (Å²) in [6.07, 6.45) is 5.81. The summed E-state index contributed by atoms with van der Waals surface area (Å²) in [5, 5.41) is 7.19. The molecule has 1 aromatic carbocycles. The van der Waals surface area contributed by atoms with E-state index in [1.165, 1.54) is 0 Å². The summed E-state index contributed by atoms with van der Waals surface area (Å²) in [4.78, 5) is 24.6. The molecule has 0 unspecified atom stereocenters. The van der Waals surface area contributed by atoms with E-state index >= 15 is 0 Å². The highest BCUT2D eigenvalue weighted by molar-refractivity contribution is 6.39. The quantitative estimate of drug-likeness (QED) is 0.493. The highest BCUT2D eigenvalue weighted by Gasteiger charge is 2.27. The second kappa shape index (κ2) is 7.84. The van der Waals surface area contributed by atoms with Crippen molar-refractivity contribution in [3.05, 3.63) is 46.1 Å². The average Bonchev–Trinajstić information content (AvgIpc) is 3.08. The molecule has 2 aromatic heterocycles. The highest BCUT2D eigenvalue weighted by atomic mass is 35.5. The lowest BCUT2D eigenvalue weighted by molar-refractivity contribution is 0.0909. The van der Waals surface area contributed by atoms with E-state index in [0.717, 1.165) is 25.7 Å². The highest BCUT2D eigenvalue weighted by Crippen LogP contribution is 2.35. The van der Waals surface area contributed by atoms with E-state index in [-0.39, 0.29) is 11.9 Å². The van der Waals surface area contributed by atoms with Gasteiger partial charge in [-0.25, -0.2) is 9.97 Å². The second-order valence-corrected chi connectivity index (χ2v) is 9.13. The SMILES string of the molecule is CC1(C)CCC(NC(=O)c2cnc3[nH]c(Nc4c(Cl)cccc4Cl)nc3c2)CC1. The van der Waals surface area contributed by atoms with E-state index in [2.05, 4.69) is 39.4 Å². The first kappa shape index (κ1) is 20.0. The number of hydrogen-bond acceptors (Lipinski definition) is 4. The average molecular weight is 432 g/mol. The maximum atomic E-state index is 12.7. The number of H-pyrrole nitrogens is 1. The van der Waals surface area contributed by atoms with Crippen LogP contribution in [0.2, 0.25) is 10.0 Å². The Bertz CT molecular complexity index is 1030. The van der Waals surface area contributed by atoms with Crippen LogP contribution in [0.25, 0.3) is 11.2 Å². The van der Waals surface area contributed by atoms with Gasteiger partial charge in [-0.2, -0.15) is 0 Å². The molecule has 8 heteroatoms. The lowest BCUT2D eigenvalue weighted by Gasteiger charge is -2.34. The number of carbonyl (C=O) groups excluding carboxylic acids is 1. The fraction of sp³-hybridized carbons (Fsp3) is 0.381. The molecule has 0 aliphatic heterocycles. The number of carbonyl (C=O) groups is 1. The number of para-hydroxylation sites is 1. The van der Waals surface area contributed by atoms with Gasteiger partial charge in [0, 0.05) is 12.2 Å². The number of aromatic amines is 1. The van der Waals surface area contributed by atoms with Crippen molar-refractivity contribution in [3.63, 3.8) is 0 Å². The third-order valence-corrected chi connectivity index (χ3v) is 6.11. The summed E-state index contributed by atoms with van der Waals surface area (Å²) >= 11 is 12.4. The molecule has 0 atom stereocenters. The fourth-order valence-corrected chi connectivity index (χ4v) is 4.12. The standard InChI is InChI=1S/C21H23Cl2N5O/c1-21(2)8-6-13(7-9-21)25-19(29)12-10-16-18(24-11-12)28-20(26-16)27-17-14(22)4-3-5-15(17)23/h3-5,10-11,13H,6-9H2,1-2H3,(H,25,29)(H2,24,26,27,28). The number of hydrogen-bond donors (Lipinski definition) is 3. The molecule has 1 amide bonds. The van der Waals surface area contributed by atoms with Gasteiger partial charge >= 0.3 is 0 Å². The van der Waals surface area contributed by atoms with Gasteiger partial charge in [0.15, 0.2) is 5.65 Å². The molecule has 2 heterocycles. The fourth-order valence-electron chi connectivity index (χ4n) is 3.63. The molecule has 1 saturated carbocycles. The first-order valence-electron chi connectivity index (χ1n) is 9.68. The molecule has 29 heavy (non-hydrogen) atoms. The number of halogens is 2. The maximum absolute atomic E-state index is 12.7. The molecule has 0 saturated heterocycles. The van der Waals surface area contributed by atoms with Gasteiger partial charge in [0.25, 0.3) is 5.91 Å². The normalized spacial score (nSPS) is 16.7. The van der Waals surface area contributed by atoms with Gasteiger partial charge < -0.3 is 15.6 Å². The lowest BCUT2D eigenvalue weighted by Crippen LogP contribution is -2.39. The van der Waals surface area contributed by atoms with E-state index in [9.17, 15) is 4.79 Å². The van der Waals surface area contributed by atoms with E-state index in [4.69, 9.17) is 23.2 Å². The molecule has 6 nitrogen and oxygen atoms in total. The van der Waals surface area contributed by atoms with Crippen LogP contribution in [0.4, 0.5) is 11.6 Å². The van der Waals surface area contributed by atoms with E-state index < -0.39 is 0 Å². The minimum Gasteiger partial charge on any atom is -0.349 e. The zero-order valence-electron chi connectivity index (χ0n) is 16.4. The van der Waals surface area contributed by atoms with Crippen molar-refractivity contribution in [2.24, 2.45) is 5.41 Å². The molecule has 1 aliphatic carbocycles. The van der Waals surface area contributed by atoms with Crippen molar-refractivity contribution < 1.29 is 4.79 Å². The molecule has 3 N–H and O–H groups in total. The predicted octanol–water partition coefficient (Wildman–Crippen LogP) is 5.71. The van der Waals surface area contributed by atoms with Crippen molar-refractivity contribution in [1.82, 2.24) is 20.3 Å². The van der Waals surface area contributed by atoms with Crippen LogP contribution in [-0.2, 0) is 0 Å². The smallest absolute Gasteiger partial charge is 0.253 e. The van der Waals surface area contributed by atoms with Crippen molar-refractivity contribution in [1.29, 1.82) is 0 Å². The topological polar surface area (TPSA) is 82.7 Å². The maximum Gasteiger partial charge on any atom is 0.253 e. The van der Waals surface area contributed by atoms with Crippen LogP contribution in [0.3, 0.4) is 0 Å². The number of nitrogens with one attached hydrogen (secondary N) is 3. The Balaban J connectivity index is 1.49. The van der Waals surface area contributed by atoms with Gasteiger partial charge in [0.2, 0.25) is 5.95 Å². The van der Waals surface area contributed by atoms with Gasteiger partial charge in [-0.3, -0.25) is 4.79 Å². The van der Waals surface area contributed by atoms with E-state index in [0.29, 0.717) is 43.8 Å². The predicted molar refractivity (Wildman–Crippen MR) is 117 cm³/mol. The van der Waals surface area contributed by atoms with Crippen LogP contribution < -0.4 is 10.6 Å². The van der Waals surface area contributed by atoms with Crippen LogP contribution in [0.1, 0.15) is 49.9 Å². The zero-order chi connectivity index (χ0) is 20.6. The van der Waals surface area contributed by atoms with Gasteiger partial charge in [0.1, 0.15) is 5.52 Å². The molecule has 152 valence electrons. The number of rotatable bonds is 4. The summed E-state index contributed by atoms with van der Waals surface area (Å²) in [5.41, 5.74) is 2.59. The monoisotopic (exact) mass is 431 g/mol. The van der Waals surface area contributed by atoms with Gasteiger partial charge in [-0.05, 0) is 49.3 Å². The minimum absolute atomic E-state index is 0.115. The Hall–Kier alpha value is -2.31. The van der Waals surface area contributed by atoms with Crippen molar-refractivity contribution in [2.75, 3.05) is 5.32 Å². The molecule has 1 fully saturated rings. The number of benzene rings is 1. The molecule has 0 spiro atoms. The summed E-state index contributed by atoms with van der Waals surface area (Å²) in [5.74, 6) is 0.338. The minimum atomic E-state index is -0.115. The molecule has 0 bridgehead atoms. The van der Waals surface area contributed by atoms with Gasteiger partial charge in [0.05, 0.1) is 21.3 Å². The number of nitrogens with zero attached hydrogens (tertiary/aromatic N) is 2. The van der Waals surface area contributed by atoms with Crippen LogP contribution in [0.15, 0.2) is 30.5 Å². The van der Waals surface area contributed by atoms with Crippen LogP contribution in [-0.4, -0.2) is 26.9 Å². The summed E-state index contributed by atoms with van der Waals surface area (Å²) in [7, 11) is 0. The molecule has 1 aliphatic rings. The van der Waals surface area contributed by atoms with Gasteiger partial charge in [-0.1, -0.05) is 43.1 Å². The third kappa shape index (κ3) is 4.49. The van der Waals surface area contributed by atoms with Crippen molar-refractivity contribution >= 4 is 51.9 Å². The third-order valence-electron chi connectivity index (χ3n) is 5.48. The van der Waals surface area contributed by atoms with E-state index in [1.807, 2.05) is 0 Å². The molecular formula is C21H23Cl2N5O. The Kier molecular flexibility index (Phi) is 5.40. The number of aromatic nitrogens is 3. The van der Waals surface area contributed by atoms with Crippen LogP contribution in [0.5, 0.6) is 0 Å². The van der Waals surface area contributed by atoms with Crippen molar-refractivity contribution in [3.8, 4) is 0 Å². The number of anilines is 2. The van der Waals surface area contributed by atoms with E-state index in [1.54, 1.807) is 30.5 Å². The largest absolute Gasteiger partial charge is 0.349 e. The Labute approximate surface area is 179 Å². The first-order chi connectivity index (χ1) is 13.8. The summed E-state index contributed by atoms with van der Waals surface area (Å²) in [6.45, 7) is 4.56. The van der Waals surface area contributed by atoms with Crippen molar-refractivity contribution in [2.45, 2.75) is 45.6 Å². The Morgan fingerprint density at radius 1 is 1.21 bits per heavy atom. The molecule has 0 radical (unpaired) electrons. The van der Waals surface area contributed by atoms with Gasteiger partial charge in [-0.15, -0.1) is 0 Å². The first-order valence-corrected chi connectivity index (χ1v) is 10.4. The Morgan fingerprint density at radius 2 is 1.90 bits per heavy atom. The molecular weight excluding hydrogens is 409 g/mol. The number of amides is 1. The number of fused-ring (bicyclic) bond motifs is 1. The zero-order valence-corrected chi connectivity index (χ0v) is 17.9. The number of imidazole rings is 1. The molecule has 3 aromatic rings. The summed E-state index contributed by atoms with van der Waals surface area (Å²) in [6, 6.07) is 7.20.